The Morgan fingerprint density at radius 1 is 1.26 bits per heavy atom. The summed E-state index contributed by atoms with van der Waals surface area (Å²) in [6, 6.07) is 9.67. The van der Waals surface area contributed by atoms with E-state index in [-0.39, 0.29) is 5.75 Å². The Kier molecular flexibility index (Phi) is 3.53. The highest BCUT2D eigenvalue weighted by Gasteiger charge is 2.32. The summed E-state index contributed by atoms with van der Waals surface area (Å²) in [7, 11) is 0. The Labute approximate surface area is 135 Å². The molecule has 119 valence electrons. The van der Waals surface area contributed by atoms with Crippen molar-refractivity contribution >= 4 is 11.5 Å². The van der Waals surface area contributed by atoms with Crippen molar-refractivity contribution in [2.24, 2.45) is 0 Å². The van der Waals surface area contributed by atoms with E-state index in [1.54, 1.807) is 12.1 Å². The zero-order valence-corrected chi connectivity index (χ0v) is 12.9. The highest BCUT2D eigenvalue weighted by atomic mass is 16.3. The third kappa shape index (κ3) is 2.49. The molecule has 0 amide bonds. The predicted molar refractivity (Wildman–Crippen MR) is 90.6 cm³/mol. The molecule has 0 bridgehead atoms. The van der Waals surface area contributed by atoms with Crippen LogP contribution < -0.4 is 10.2 Å². The number of phenols is 1. The van der Waals surface area contributed by atoms with Crippen LogP contribution in [0.4, 0.5) is 11.5 Å². The zero-order valence-electron chi connectivity index (χ0n) is 12.9. The van der Waals surface area contributed by atoms with Gasteiger partial charge in [-0.05, 0) is 31.7 Å². The van der Waals surface area contributed by atoms with E-state index in [9.17, 15) is 5.11 Å². The maximum Gasteiger partial charge on any atom is 0.172 e. The summed E-state index contributed by atoms with van der Waals surface area (Å²) in [5.74, 6) is 1.05. The molecule has 2 aromatic rings. The van der Waals surface area contributed by atoms with Crippen LogP contribution in [0.3, 0.4) is 0 Å². The number of para-hydroxylation sites is 1. The average molecular weight is 310 g/mol. The van der Waals surface area contributed by atoms with E-state index in [0.717, 1.165) is 44.2 Å². The van der Waals surface area contributed by atoms with Crippen molar-refractivity contribution in [2.75, 3.05) is 42.9 Å². The molecule has 1 fully saturated rings. The lowest BCUT2D eigenvalue weighted by atomic mass is 10.1. The fraction of sp³-hybridized carbons (Fsp3) is 0.353. The summed E-state index contributed by atoms with van der Waals surface area (Å²) < 4.78 is 0. The first-order chi connectivity index (χ1) is 11.3. The molecule has 6 nitrogen and oxygen atoms in total. The lowest BCUT2D eigenvalue weighted by Crippen LogP contribution is -2.57. The Hall–Kier alpha value is -2.34. The number of aromatic nitrogens is 2. The molecule has 2 aliphatic rings. The highest BCUT2D eigenvalue weighted by Crippen LogP contribution is 2.35. The standard InChI is InChI=1S/C17H20N5O/c1-2-21-7-8-22-12(11-21)10-18-17-15(22)9-14(19-20-17)13-5-3-4-6-16(13)23/h3-6,9,12,23H,1-2,7-8,10-11H2,(H,18,20). The SMILES string of the molecule is [CH2]CN1CCN2c3cc(-c4ccccc4O)nnc3NCC2C1. The Morgan fingerprint density at radius 2 is 2.13 bits per heavy atom. The van der Waals surface area contributed by atoms with E-state index in [2.05, 4.69) is 32.2 Å². The number of benzene rings is 1. The molecule has 4 rings (SSSR count). The Bertz CT molecular complexity index is 720. The normalized spacial score (nSPS) is 20.6. The molecule has 6 heteroatoms. The summed E-state index contributed by atoms with van der Waals surface area (Å²) in [5, 5.41) is 22.0. The molecule has 1 aromatic carbocycles. The number of hydrogen-bond acceptors (Lipinski definition) is 6. The third-order valence-electron chi connectivity index (χ3n) is 4.65. The second-order valence-corrected chi connectivity index (χ2v) is 6.01. The van der Waals surface area contributed by atoms with Crippen LogP contribution in [0.2, 0.25) is 0 Å². The largest absolute Gasteiger partial charge is 0.507 e. The van der Waals surface area contributed by atoms with Crippen molar-refractivity contribution in [3.05, 3.63) is 37.3 Å². The van der Waals surface area contributed by atoms with Crippen LogP contribution in [0.15, 0.2) is 30.3 Å². The second-order valence-electron chi connectivity index (χ2n) is 6.01. The summed E-state index contributed by atoms with van der Waals surface area (Å²) in [6.07, 6.45) is 0. The fourth-order valence-electron chi connectivity index (χ4n) is 3.38. The van der Waals surface area contributed by atoms with Gasteiger partial charge in [0.05, 0.1) is 17.4 Å². The number of piperazine rings is 1. The molecule has 0 spiro atoms. The van der Waals surface area contributed by atoms with Gasteiger partial charge >= 0.3 is 0 Å². The van der Waals surface area contributed by atoms with Gasteiger partial charge in [-0.2, -0.15) is 0 Å². The van der Waals surface area contributed by atoms with Gasteiger partial charge in [-0.3, -0.25) is 4.90 Å². The minimum Gasteiger partial charge on any atom is -0.507 e. The minimum absolute atomic E-state index is 0.226. The highest BCUT2D eigenvalue weighted by molar-refractivity contribution is 5.76. The number of anilines is 2. The predicted octanol–water partition coefficient (Wildman–Crippen LogP) is 1.60. The van der Waals surface area contributed by atoms with Crippen LogP contribution in [0.1, 0.15) is 0 Å². The molecule has 0 aliphatic carbocycles. The van der Waals surface area contributed by atoms with Gasteiger partial charge in [0.1, 0.15) is 5.75 Å². The summed E-state index contributed by atoms with van der Waals surface area (Å²) in [6.45, 7) is 8.67. The molecule has 1 atom stereocenters. The lowest BCUT2D eigenvalue weighted by Gasteiger charge is -2.45. The first-order valence-electron chi connectivity index (χ1n) is 7.94. The van der Waals surface area contributed by atoms with Crippen LogP contribution >= 0.6 is 0 Å². The van der Waals surface area contributed by atoms with Crippen LogP contribution in [0, 0.1) is 6.92 Å². The Morgan fingerprint density at radius 3 is 2.96 bits per heavy atom. The van der Waals surface area contributed by atoms with Crippen LogP contribution in [0.25, 0.3) is 11.3 Å². The minimum atomic E-state index is 0.226. The van der Waals surface area contributed by atoms with Crippen molar-refractivity contribution in [2.45, 2.75) is 6.04 Å². The van der Waals surface area contributed by atoms with E-state index >= 15 is 0 Å². The summed E-state index contributed by atoms with van der Waals surface area (Å²) >= 11 is 0. The molecule has 2 aliphatic heterocycles. The summed E-state index contributed by atoms with van der Waals surface area (Å²) in [4.78, 5) is 4.77. The van der Waals surface area contributed by atoms with Gasteiger partial charge in [0.2, 0.25) is 0 Å². The molecular formula is C17H20N5O. The molecular weight excluding hydrogens is 290 g/mol. The number of rotatable bonds is 2. The summed E-state index contributed by atoms with van der Waals surface area (Å²) in [5.41, 5.74) is 2.48. The molecule has 3 heterocycles. The number of nitrogens with one attached hydrogen (secondary N) is 1. The number of nitrogens with zero attached hydrogens (tertiary/aromatic N) is 4. The number of aromatic hydroxyl groups is 1. The first-order valence-corrected chi connectivity index (χ1v) is 7.94. The van der Waals surface area contributed by atoms with Gasteiger partial charge in [0.25, 0.3) is 0 Å². The average Bonchev–Trinajstić information content (AvgIpc) is 2.61. The van der Waals surface area contributed by atoms with Crippen molar-refractivity contribution in [3.63, 3.8) is 0 Å². The number of fused-ring (bicyclic) bond motifs is 3. The van der Waals surface area contributed by atoms with Crippen molar-refractivity contribution in [1.29, 1.82) is 0 Å². The molecule has 0 saturated carbocycles. The van der Waals surface area contributed by atoms with Crippen LogP contribution in [-0.2, 0) is 0 Å². The fourth-order valence-corrected chi connectivity index (χ4v) is 3.38. The molecule has 23 heavy (non-hydrogen) atoms. The van der Waals surface area contributed by atoms with Crippen molar-refractivity contribution in [1.82, 2.24) is 15.1 Å². The third-order valence-corrected chi connectivity index (χ3v) is 4.65. The van der Waals surface area contributed by atoms with E-state index in [4.69, 9.17) is 0 Å². The van der Waals surface area contributed by atoms with Gasteiger partial charge in [-0.25, -0.2) is 0 Å². The van der Waals surface area contributed by atoms with E-state index < -0.39 is 0 Å². The quantitative estimate of drug-likeness (QED) is 0.878. The topological polar surface area (TPSA) is 64.5 Å². The molecule has 2 N–H and O–H groups in total. The maximum atomic E-state index is 10.1. The smallest absolute Gasteiger partial charge is 0.172 e. The van der Waals surface area contributed by atoms with E-state index in [1.807, 2.05) is 18.2 Å². The van der Waals surface area contributed by atoms with Gasteiger partial charge in [-0.15, -0.1) is 10.2 Å². The Balaban J connectivity index is 1.70. The number of hydrogen-bond donors (Lipinski definition) is 2. The van der Waals surface area contributed by atoms with Gasteiger partial charge < -0.3 is 15.3 Å². The second kappa shape index (κ2) is 5.70. The van der Waals surface area contributed by atoms with Crippen LogP contribution in [0.5, 0.6) is 5.75 Å². The lowest BCUT2D eigenvalue weighted by molar-refractivity contribution is 0.245. The van der Waals surface area contributed by atoms with Crippen molar-refractivity contribution in [3.8, 4) is 17.0 Å². The molecule has 1 unspecified atom stereocenters. The molecule has 1 aromatic heterocycles. The number of phenolic OH excluding ortho intramolecular Hbond substituents is 1. The van der Waals surface area contributed by atoms with Gasteiger partial charge in [0, 0.05) is 31.7 Å². The van der Waals surface area contributed by atoms with E-state index in [0.29, 0.717) is 17.3 Å². The molecule has 1 saturated heterocycles. The molecule has 1 radical (unpaired) electrons. The zero-order chi connectivity index (χ0) is 15.8. The van der Waals surface area contributed by atoms with E-state index in [1.165, 1.54) is 0 Å². The maximum absolute atomic E-state index is 10.1. The monoisotopic (exact) mass is 310 g/mol. The van der Waals surface area contributed by atoms with Gasteiger partial charge in [-0.1, -0.05) is 12.1 Å². The van der Waals surface area contributed by atoms with Gasteiger partial charge in [0.15, 0.2) is 5.82 Å². The van der Waals surface area contributed by atoms with Crippen LogP contribution in [-0.4, -0.2) is 59.0 Å². The first kappa shape index (κ1) is 14.3. The van der Waals surface area contributed by atoms with Crippen molar-refractivity contribution < 1.29 is 5.11 Å².